The van der Waals surface area contributed by atoms with Gasteiger partial charge in [0.15, 0.2) is 0 Å². The van der Waals surface area contributed by atoms with E-state index in [-0.39, 0.29) is 6.10 Å². The van der Waals surface area contributed by atoms with Gasteiger partial charge in [0, 0.05) is 0 Å². The van der Waals surface area contributed by atoms with Crippen LogP contribution in [0.5, 0.6) is 0 Å². The molecule has 0 aliphatic heterocycles. The van der Waals surface area contributed by atoms with Crippen LogP contribution in [-0.4, -0.2) is 5.11 Å². The fourth-order valence-corrected chi connectivity index (χ4v) is 3.29. The highest BCUT2D eigenvalue weighted by atomic mass is 16.3. The number of aliphatic hydroxyl groups is 1. The predicted octanol–water partition coefficient (Wildman–Crippen LogP) is 4.41. The van der Waals surface area contributed by atoms with Crippen LogP contribution in [0.3, 0.4) is 0 Å². The summed E-state index contributed by atoms with van der Waals surface area (Å²) in [6.07, 6.45) is 3.31. The molecule has 1 aliphatic rings. The van der Waals surface area contributed by atoms with Crippen molar-refractivity contribution in [3.05, 3.63) is 34.9 Å². The molecule has 1 aromatic rings. The fourth-order valence-electron chi connectivity index (χ4n) is 3.29. The molecule has 100 valence electrons. The fraction of sp³-hybridized carbons (Fsp3) is 0.647. The lowest BCUT2D eigenvalue weighted by Crippen LogP contribution is -2.25. The largest absolute Gasteiger partial charge is 0.388 e. The predicted molar refractivity (Wildman–Crippen MR) is 76.5 cm³/mol. The molecule has 1 fully saturated rings. The lowest BCUT2D eigenvalue weighted by Gasteiger charge is -2.35. The molecule has 0 spiro atoms. The Kier molecular flexibility index (Phi) is 4.11. The third kappa shape index (κ3) is 2.77. The van der Waals surface area contributed by atoms with Crippen molar-refractivity contribution in [3.8, 4) is 0 Å². The maximum atomic E-state index is 10.6. The Morgan fingerprint density at radius 1 is 1.11 bits per heavy atom. The van der Waals surface area contributed by atoms with Crippen LogP contribution in [0.2, 0.25) is 0 Å². The first kappa shape index (κ1) is 13.6. The molecule has 2 rings (SSSR count). The molecule has 0 aromatic heterocycles. The van der Waals surface area contributed by atoms with Gasteiger partial charge in [-0.05, 0) is 55.6 Å². The van der Waals surface area contributed by atoms with Crippen molar-refractivity contribution in [2.45, 2.75) is 53.1 Å². The molecule has 0 amide bonds. The summed E-state index contributed by atoms with van der Waals surface area (Å²) in [4.78, 5) is 0. The van der Waals surface area contributed by atoms with Crippen molar-refractivity contribution >= 4 is 0 Å². The van der Waals surface area contributed by atoms with Crippen molar-refractivity contribution in [2.24, 2.45) is 17.8 Å². The Balaban J connectivity index is 2.13. The molecule has 1 N–H and O–H groups in total. The lowest BCUT2D eigenvalue weighted by molar-refractivity contribution is 0.0557. The van der Waals surface area contributed by atoms with Crippen LogP contribution in [0, 0.1) is 31.6 Å². The minimum Gasteiger partial charge on any atom is -0.388 e. The van der Waals surface area contributed by atoms with E-state index in [4.69, 9.17) is 0 Å². The van der Waals surface area contributed by atoms with Gasteiger partial charge in [0.2, 0.25) is 0 Å². The topological polar surface area (TPSA) is 20.2 Å². The van der Waals surface area contributed by atoms with Crippen LogP contribution in [0.25, 0.3) is 0 Å². The van der Waals surface area contributed by atoms with Crippen molar-refractivity contribution in [3.63, 3.8) is 0 Å². The minimum absolute atomic E-state index is 0.277. The number of rotatable bonds is 2. The van der Waals surface area contributed by atoms with Crippen LogP contribution in [0.15, 0.2) is 18.2 Å². The normalized spacial score (nSPS) is 30.2. The maximum absolute atomic E-state index is 10.6. The van der Waals surface area contributed by atoms with Gasteiger partial charge in [-0.3, -0.25) is 0 Å². The van der Waals surface area contributed by atoms with Gasteiger partial charge >= 0.3 is 0 Å². The monoisotopic (exact) mass is 246 g/mol. The first-order chi connectivity index (χ1) is 8.49. The maximum Gasteiger partial charge on any atom is 0.0820 e. The van der Waals surface area contributed by atoms with Crippen LogP contribution in [0.1, 0.15) is 55.9 Å². The highest BCUT2D eigenvalue weighted by molar-refractivity contribution is 5.32. The summed E-state index contributed by atoms with van der Waals surface area (Å²) < 4.78 is 0. The third-order valence-electron chi connectivity index (χ3n) is 4.83. The highest BCUT2D eigenvalue weighted by Gasteiger charge is 2.30. The quantitative estimate of drug-likeness (QED) is 0.819. The van der Waals surface area contributed by atoms with Gasteiger partial charge in [0.1, 0.15) is 0 Å². The average molecular weight is 246 g/mol. The van der Waals surface area contributed by atoms with Crippen molar-refractivity contribution in [2.75, 3.05) is 0 Å². The minimum atomic E-state index is -0.277. The number of hydrogen-bond acceptors (Lipinski definition) is 1. The summed E-state index contributed by atoms with van der Waals surface area (Å²) in [5.74, 6) is 1.99. The molecule has 0 saturated heterocycles. The van der Waals surface area contributed by atoms with Gasteiger partial charge in [0.05, 0.1) is 6.10 Å². The van der Waals surface area contributed by atoms with E-state index in [1.165, 1.54) is 24.0 Å². The molecule has 4 atom stereocenters. The molecule has 1 heteroatoms. The summed E-state index contributed by atoms with van der Waals surface area (Å²) in [7, 11) is 0. The molecule has 1 saturated carbocycles. The summed E-state index contributed by atoms with van der Waals surface area (Å²) >= 11 is 0. The zero-order chi connectivity index (χ0) is 13.3. The van der Waals surface area contributed by atoms with Gasteiger partial charge in [-0.25, -0.2) is 0 Å². The smallest absolute Gasteiger partial charge is 0.0820 e. The van der Waals surface area contributed by atoms with Gasteiger partial charge < -0.3 is 5.11 Å². The number of hydrogen-bond donors (Lipinski definition) is 1. The lowest BCUT2D eigenvalue weighted by atomic mass is 9.72. The van der Waals surface area contributed by atoms with Gasteiger partial charge in [-0.1, -0.05) is 44.0 Å². The van der Waals surface area contributed by atoms with E-state index >= 15 is 0 Å². The first-order valence-corrected chi connectivity index (χ1v) is 7.24. The van der Waals surface area contributed by atoms with E-state index in [0.717, 1.165) is 23.8 Å². The van der Waals surface area contributed by atoms with Gasteiger partial charge in [-0.15, -0.1) is 0 Å². The molecule has 18 heavy (non-hydrogen) atoms. The molecule has 1 nitrogen and oxygen atoms in total. The Morgan fingerprint density at radius 3 is 2.44 bits per heavy atom. The summed E-state index contributed by atoms with van der Waals surface area (Å²) in [5, 5.41) is 10.6. The molecule has 1 aliphatic carbocycles. The number of benzene rings is 1. The van der Waals surface area contributed by atoms with E-state index < -0.39 is 0 Å². The Labute approximate surface area is 111 Å². The summed E-state index contributed by atoms with van der Waals surface area (Å²) in [6, 6.07) is 6.39. The molecule has 4 unspecified atom stereocenters. The van der Waals surface area contributed by atoms with Crippen LogP contribution in [-0.2, 0) is 0 Å². The standard InChI is InChI=1S/C17H26O/c1-11-5-8-16(14(4)9-11)17(18)15-7-6-12(2)13(3)10-15/h5,8-9,12-13,15,17-18H,6-7,10H2,1-4H3. The van der Waals surface area contributed by atoms with E-state index in [9.17, 15) is 5.11 Å². The highest BCUT2D eigenvalue weighted by Crippen LogP contribution is 2.40. The second-order valence-electron chi connectivity index (χ2n) is 6.33. The van der Waals surface area contributed by atoms with Crippen molar-refractivity contribution in [1.29, 1.82) is 0 Å². The molecular formula is C17H26O. The van der Waals surface area contributed by atoms with Gasteiger partial charge in [0.25, 0.3) is 0 Å². The summed E-state index contributed by atoms with van der Waals surface area (Å²) in [6.45, 7) is 8.88. The van der Waals surface area contributed by atoms with Crippen molar-refractivity contribution < 1.29 is 5.11 Å². The Morgan fingerprint density at radius 2 is 1.83 bits per heavy atom. The molecule has 0 bridgehead atoms. The molecule has 0 radical (unpaired) electrons. The number of aryl methyl sites for hydroxylation is 2. The summed E-state index contributed by atoms with van der Waals surface area (Å²) in [5.41, 5.74) is 3.63. The van der Waals surface area contributed by atoms with E-state index in [0.29, 0.717) is 5.92 Å². The second-order valence-corrected chi connectivity index (χ2v) is 6.33. The zero-order valence-electron chi connectivity index (χ0n) is 12.1. The SMILES string of the molecule is Cc1ccc(C(O)C2CCC(C)C(C)C2)c(C)c1. The van der Waals surface area contributed by atoms with Gasteiger partial charge in [-0.2, -0.15) is 0 Å². The van der Waals surface area contributed by atoms with Crippen molar-refractivity contribution in [1.82, 2.24) is 0 Å². The Hall–Kier alpha value is -0.820. The van der Waals surface area contributed by atoms with E-state index in [1.54, 1.807) is 0 Å². The van der Waals surface area contributed by atoms with E-state index in [1.807, 2.05) is 0 Å². The van der Waals surface area contributed by atoms with Crippen LogP contribution < -0.4 is 0 Å². The Bertz CT molecular complexity index is 410. The van der Waals surface area contributed by atoms with E-state index in [2.05, 4.69) is 45.9 Å². The zero-order valence-corrected chi connectivity index (χ0v) is 12.1. The average Bonchev–Trinajstić information content (AvgIpc) is 2.32. The van der Waals surface area contributed by atoms with Crippen LogP contribution in [0.4, 0.5) is 0 Å². The molecule has 1 aromatic carbocycles. The van der Waals surface area contributed by atoms with Crippen LogP contribution >= 0.6 is 0 Å². The third-order valence-corrected chi connectivity index (χ3v) is 4.83. The molecule has 0 heterocycles. The molecular weight excluding hydrogens is 220 g/mol. The second kappa shape index (κ2) is 5.44. The number of aliphatic hydroxyl groups excluding tert-OH is 1. The first-order valence-electron chi connectivity index (χ1n) is 7.24.